The minimum Gasteiger partial charge on any atom is -0.481 e. The lowest BCUT2D eigenvalue weighted by molar-refractivity contribution is 0.397. The number of nitrogens with two attached hydrogens (primary N) is 1. The van der Waals surface area contributed by atoms with Crippen molar-refractivity contribution < 1.29 is 4.74 Å². The highest BCUT2D eigenvalue weighted by Gasteiger charge is 2.04. The third-order valence-electron chi connectivity index (χ3n) is 2.82. The van der Waals surface area contributed by atoms with Crippen LogP contribution in [0, 0.1) is 6.92 Å². The Balaban J connectivity index is 2.12. The van der Waals surface area contributed by atoms with Crippen molar-refractivity contribution in [3.8, 4) is 5.88 Å². The van der Waals surface area contributed by atoms with Crippen LogP contribution >= 0.6 is 0 Å². The largest absolute Gasteiger partial charge is 0.481 e. The Bertz CT molecular complexity index is 557. The molecule has 0 bridgehead atoms. The van der Waals surface area contributed by atoms with Gasteiger partial charge in [-0.2, -0.15) is 4.98 Å². The number of hydrogen-bond acceptors (Lipinski definition) is 5. The second kappa shape index (κ2) is 6.15. The van der Waals surface area contributed by atoms with Gasteiger partial charge in [0.05, 0.1) is 7.11 Å². The molecule has 0 radical (unpaired) electrons. The van der Waals surface area contributed by atoms with Gasteiger partial charge in [-0.15, -0.1) is 0 Å². The first-order chi connectivity index (χ1) is 9.22. The molecular formula is C14H18N4O. The molecule has 1 heterocycles. The summed E-state index contributed by atoms with van der Waals surface area (Å²) >= 11 is 0. The average molecular weight is 258 g/mol. The third kappa shape index (κ3) is 3.42. The van der Waals surface area contributed by atoms with E-state index in [0.29, 0.717) is 24.9 Å². The predicted octanol–water partition coefficient (Wildman–Crippen LogP) is 1.86. The van der Waals surface area contributed by atoms with Crippen molar-refractivity contribution in [3.05, 3.63) is 47.2 Å². The molecule has 0 aliphatic carbocycles. The van der Waals surface area contributed by atoms with E-state index in [1.54, 1.807) is 13.2 Å². The fourth-order valence-electron chi connectivity index (χ4n) is 1.83. The molecule has 0 aliphatic rings. The molecule has 100 valence electrons. The Hall–Kier alpha value is -2.14. The number of nitrogens with zero attached hydrogens (tertiary/aromatic N) is 2. The van der Waals surface area contributed by atoms with Crippen molar-refractivity contribution in [1.82, 2.24) is 9.97 Å². The fraction of sp³-hybridized carbons (Fsp3) is 0.286. The van der Waals surface area contributed by atoms with E-state index in [1.165, 1.54) is 0 Å². The summed E-state index contributed by atoms with van der Waals surface area (Å²) < 4.78 is 5.12. The topological polar surface area (TPSA) is 73.1 Å². The fourth-order valence-corrected chi connectivity index (χ4v) is 1.83. The predicted molar refractivity (Wildman–Crippen MR) is 75.0 cm³/mol. The first kappa shape index (κ1) is 13.3. The summed E-state index contributed by atoms with van der Waals surface area (Å²) in [6.07, 6.45) is 0. The quantitative estimate of drug-likeness (QED) is 0.856. The number of anilines is 1. The maximum atomic E-state index is 5.71. The highest BCUT2D eigenvalue weighted by atomic mass is 16.5. The van der Waals surface area contributed by atoms with E-state index >= 15 is 0 Å². The van der Waals surface area contributed by atoms with Gasteiger partial charge in [0.2, 0.25) is 11.8 Å². The molecule has 1 aromatic carbocycles. The number of aromatic nitrogens is 2. The van der Waals surface area contributed by atoms with Crippen LogP contribution < -0.4 is 15.8 Å². The number of ether oxygens (including phenoxy) is 1. The second-order valence-electron chi connectivity index (χ2n) is 4.20. The summed E-state index contributed by atoms with van der Waals surface area (Å²) in [4.78, 5) is 8.57. The smallest absolute Gasteiger partial charge is 0.226 e. The van der Waals surface area contributed by atoms with Crippen molar-refractivity contribution >= 4 is 5.95 Å². The Morgan fingerprint density at radius 1 is 1.21 bits per heavy atom. The maximum absolute atomic E-state index is 5.71. The van der Waals surface area contributed by atoms with E-state index in [9.17, 15) is 0 Å². The molecular weight excluding hydrogens is 240 g/mol. The van der Waals surface area contributed by atoms with Crippen molar-refractivity contribution in [2.24, 2.45) is 5.73 Å². The standard InChI is InChI=1S/C14H18N4O/c1-10-7-13(19-2)18-14(17-10)16-9-12-6-4-3-5-11(12)8-15/h3-7H,8-9,15H2,1-2H3,(H,16,17,18). The molecule has 19 heavy (non-hydrogen) atoms. The van der Waals surface area contributed by atoms with Crippen LogP contribution in [0.25, 0.3) is 0 Å². The van der Waals surface area contributed by atoms with E-state index in [-0.39, 0.29) is 0 Å². The van der Waals surface area contributed by atoms with Crippen LogP contribution in [0.4, 0.5) is 5.95 Å². The summed E-state index contributed by atoms with van der Waals surface area (Å²) in [5.74, 6) is 1.12. The molecule has 2 aromatic rings. The van der Waals surface area contributed by atoms with Gasteiger partial charge in [0.25, 0.3) is 0 Å². The summed E-state index contributed by atoms with van der Waals surface area (Å²) in [5.41, 5.74) is 8.84. The van der Waals surface area contributed by atoms with Gasteiger partial charge in [-0.25, -0.2) is 4.98 Å². The van der Waals surface area contributed by atoms with Crippen LogP contribution in [-0.4, -0.2) is 17.1 Å². The first-order valence-electron chi connectivity index (χ1n) is 6.13. The zero-order chi connectivity index (χ0) is 13.7. The van der Waals surface area contributed by atoms with Gasteiger partial charge in [-0.3, -0.25) is 0 Å². The minimum atomic E-state index is 0.524. The number of aryl methyl sites for hydroxylation is 1. The Kier molecular flexibility index (Phi) is 4.30. The van der Waals surface area contributed by atoms with Crippen LogP contribution in [0.15, 0.2) is 30.3 Å². The van der Waals surface area contributed by atoms with Crippen LogP contribution in [0.3, 0.4) is 0 Å². The highest BCUT2D eigenvalue weighted by molar-refractivity contribution is 5.34. The van der Waals surface area contributed by atoms with Gasteiger partial charge in [0.1, 0.15) is 0 Å². The van der Waals surface area contributed by atoms with E-state index < -0.39 is 0 Å². The molecule has 0 saturated heterocycles. The molecule has 5 heteroatoms. The molecule has 0 fully saturated rings. The molecule has 0 spiro atoms. The zero-order valence-corrected chi connectivity index (χ0v) is 11.2. The third-order valence-corrected chi connectivity index (χ3v) is 2.82. The lowest BCUT2D eigenvalue weighted by Gasteiger charge is -2.10. The Labute approximate surface area is 112 Å². The lowest BCUT2D eigenvalue weighted by atomic mass is 10.1. The molecule has 5 nitrogen and oxygen atoms in total. The lowest BCUT2D eigenvalue weighted by Crippen LogP contribution is -2.09. The van der Waals surface area contributed by atoms with Crippen LogP contribution in [0.1, 0.15) is 16.8 Å². The zero-order valence-electron chi connectivity index (χ0n) is 11.2. The molecule has 0 amide bonds. The SMILES string of the molecule is COc1cc(C)nc(NCc2ccccc2CN)n1. The van der Waals surface area contributed by atoms with E-state index in [0.717, 1.165) is 16.8 Å². The monoisotopic (exact) mass is 258 g/mol. The van der Waals surface area contributed by atoms with E-state index in [4.69, 9.17) is 10.5 Å². The van der Waals surface area contributed by atoms with Gasteiger partial charge in [-0.1, -0.05) is 24.3 Å². The van der Waals surface area contributed by atoms with Crippen molar-refractivity contribution in [1.29, 1.82) is 0 Å². The second-order valence-corrected chi connectivity index (χ2v) is 4.20. The number of hydrogen-bond donors (Lipinski definition) is 2. The van der Waals surface area contributed by atoms with E-state index in [1.807, 2.05) is 31.2 Å². The van der Waals surface area contributed by atoms with Crippen LogP contribution in [0.5, 0.6) is 5.88 Å². The number of nitrogens with one attached hydrogen (secondary N) is 1. The minimum absolute atomic E-state index is 0.524. The molecule has 0 saturated carbocycles. The van der Waals surface area contributed by atoms with Gasteiger partial charge in [-0.05, 0) is 18.1 Å². The first-order valence-corrected chi connectivity index (χ1v) is 6.13. The number of rotatable bonds is 5. The molecule has 3 N–H and O–H groups in total. The molecule has 2 rings (SSSR count). The normalized spacial score (nSPS) is 10.3. The van der Waals surface area contributed by atoms with Gasteiger partial charge < -0.3 is 15.8 Å². The summed E-state index contributed by atoms with van der Waals surface area (Å²) in [6.45, 7) is 3.07. The van der Waals surface area contributed by atoms with Crippen molar-refractivity contribution in [2.45, 2.75) is 20.0 Å². The van der Waals surface area contributed by atoms with Gasteiger partial charge in [0.15, 0.2) is 0 Å². The van der Waals surface area contributed by atoms with Crippen LogP contribution in [-0.2, 0) is 13.1 Å². The number of methoxy groups -OCH3 is 1. The maximum Gasteiger partial charge on any atom is 0.226 e. The van der Waals surface area contributed by atoms with Crippen molar-refractivity contribution in [2.75, 3.05) is 12.4 Å². The van der Waals surface area contributed by atoms with E-state index in [2.05, 4.69) is 15.3 Å². The highest BCUT2D eigenvalue weighted by Crippen LogP contribution is 2.13. The van der Waals surface area contributed by atoms with Gasteiger partial charge >= 0.3 is 0 Å². The molecule has 0 unspecified atom stereocenters. The average Bonchev–Trinajstić information content (AvgIpc) is 2.44. The van der Waals surface area contributed by atoms with Crippen molar-refractivity contribution in [3.63, 3.8) is 0 Å². The Morgan fingerprint density at radius 3 is 2.63 bits per heavy atom. The Morgan fingerprint density at radius 2 is 1.95 bits per heavy atom. The molecule has 0 aliphatic heterocycles. The summed E-state index contributed by atoms with van der Waals surface area (Å²) in [7, 11) is 1.59. The molecule has 0 atom stereocenters. The van der Waals surface area contributed by atoms with Crippen LogP contribution in [0.2, 0.25) is 0 Å². The number of benzene rings is 1. The summed E-state index contributed by atoms with van der Waals surface area (Å²) in [6, 6.07) is 9.83. The molecule has 1 aromatic heterocycles. The summed E-state index contributed by atoms with van der Waals surface area (Å²) in [5, 5.41) is 3.19. The van der Waals surface area contributed by atoms with Gasteiger partial charge in [0, 0.05) is 24.8 Å².